The first-order valence-corrected chi connectivity index (χ1v) is 3.72. The number of hydrogen-bond donors (Lipinski definition) is 0. The summed E-state index contributed by atoms with van der Waals surface area (Å²) in [5.74, 6) is -1.70. The Morgan fingerprint density at radius 1 is 1.38 bits per heavy atom. The van der Waals surface area contributed by atoms with Crippen LogP contribution in [0, 0.1) is 0 Å². The van der Waals surface area contributed by atoms with Crippen LogP contribution in [-0.4, -0.2) is 39.0 Å². The monoisotopic (exact) mass is 198 g/mol. The van der Waals surface area contributed by atoms with E-state index in [0.717, 1.165) is 7.11 Å². The van der Waals surface area contributed by atoms with E-state index >= 15 is 0 Å². The number of alkyl halides is 2. The summed E-state index contributed by atoms with van der Waals surface area (Å²) in [5.41, 5.74) is 0. The average molecular weight is 198 g/mol. The van der Waals surface area contributed by atoms with Gasteiger partial charge in [-0.25, -0.2) is 4.79 Å². The van der Waals surface area contributed by atoms with E-state index in [1.165, 1.54) is 0 Å². The van der Waals surface area contributed by atoms with Crippen molar-refractivity contribution in [3.05, 3.63) is 0 Å². The van der Waals surface area contributed by atoms with Gasteiger partial charge in [-0.2, -0.15) is 8.78 Å². The van der Waals surface area contributed by atoms with Crippen molar-refractivity contribution >= 4 is 5.97 Å². The molecule has 0 bridgehead atoms. The standard InChI is InChI=1S/C7H12F2O4/c1-3-12-4-5-13-7(8,9)6(10)11-2/h3-5H2,1-2H3. The number of carbonyl (C=O) groups excluding carboxylic acids is 1. The molecule has 0 atom stereocenters. The lowest BCUT2D eigenvalue weighted by atomic mass is 10.6. The highest BCUT2D eigenvalue weighted by molar-refractivity contribution is 5.75. The van der Waals surface area contributed by atoms with Crippen LogP contribution in [0.5, 0.6) is 0 Å². The zero-order valence-corrected chi connectivity index (χ0v) is 7.51. The van der Waals surface area contributed by atoms with Gasteiger partial charge in [0, 0.05) is 6.61 Å². The Morgan fingerprint density at radius 2 is 2.00 bits per heavy atom. The lowest BCUT2D eigenvalue weighted by Crippen LogP contribution is -2.34. The smallest absolute Gasteiger partial charge is 0.456 e. The van der Waals surface area contributed by atoms with E-state index < -0.39 is 12.1 Å². The van der Waals surface area contributed by atoms with Gasteiger partial charge in [0.2, 0.25) is 0 Å². The molecule has 0 aliphatic rings. The minimum absolute atomic E-state index is 0.0169. The summed E-state index contributed by atoms with van der Waals surface area (Å²) < 4.78 is 37.5. The second-order valence-electron chi connectivity index (χ2n) is 2.05. The summed E-state index contributed by atoms with van der Waals surface area (Å²) in [6.07, 6.45) is -3.88. The Labute approximate surface area is 74.8 Å². The van der Waals surface area contributed by atoms with Crippen molar-refractivity contribution in [3.63, 3.8) is 0 Å². The molecule has 13 heavy (non-hydrogen) atoms. The predicted molar refractivity (Wildman–Crippen MR) is 39.4 cm³/mol. The van der Waals surface area contributed by atoms with Crippen molar-refractivity contribution in [1.82, 2.24) is 0 Å². The maximum Gasteiger partial charge on any atom is 0.456 e. The van der Waals surface area contributed by atoms with E-state index in [4.69, 9.17) is 4.74 Å². The normalized spacial score (nSPS) is 11.4. The van der Waals surface area contributed by atoms with E-state index in [9.17, 15) is 13.6 Å². The van der Waals surface area contributed by atoms with Crippen molar-refractivity contribution < 1.29 is 27.8 Å². The highest BCUT2D eigenvalue weighted by Crippen LogP contribution is 2.16. The Morgan fingerprint density at radius 3 is 2.46 bits per heavy atom. The molecular formula is C7H12F2O4. The van der Waals surface area contributed by atoms with Gasteiger partial charge >= 0.3 is 12.1 Å². The summed E-state index contributed by atoms with van der Waals surface area (Å²) in [6.45, 7) is 1.80. The molecule has 4 nitrogen and oxygen atoms in total. The van der Waals surface area contributed by atoms with Gasteiger partial charge in [-0.1, -0.05) is 0 Å². The van der Waals surface area contributed by atoms with Crippen molar-refractivity contribution in [1.29, 1.82) is 0 Å². The van der Waals surface area contributed by atoms with Gasteiger partial charge in [0.1, 0.15) is 0 Å². The van der Waals surface area contributed by atoms with Gasteiger partial charge in [0.15, 0.2) is 0 Å². The molecule has 0 amide bonds. The Kier molecular flexibility index (Phi) is 5.48. The molecule has 0 heterocycles. The summed E-state index contributed by atoms with van der Waals surface area (Å²) in [6, 6.07) is 0. The fourth-order valence-electron chi connectivity index (χ4n) is 0.551. The quantitative estimate of drug-likeness (QED) is 0.468. The van der Waals surface area contributed by atoms with Gasteiger partial charge in [-0.3, -0.25) is 0 Å². The Hall–Kier alpha value is -0.750. The average Bonchev–Trinajstić information content (AvgIpc) is 2.11. The molecule has 0 aliphatic heterocycles. The first-order chi connectivity index (χ1) is 6.04. The molecule has 0 aromatic heterocycles. The number of ether oxygens (including phenoxy) is 3. The molecule has 0 saturated carbocycles. The maximum atomic E-state index is 12.5. The Balaban J connectivity index is 3.69. The van der Waals surface area contributed by atoms with Crippen LogP contribution in [-0.2, 0) is 19.0 Å². The lowest BCUT2D eigenvalue weighted by Gasteiger charge is -2.13. The third kappa shape index (κ3) is 4.74. The molecule has 78 valence electrons. The second kappa shape index (κ2) is 5.82. The summed E-state index contributed by atoms with van der Waals surface area (Å²) in [7, 11) is 0.863. The van der Waals surface area contributed by atoms with E-state index in [0.29, 0.717) is 6.61 Å². The molecule has 0 rings (SSSR count). The predicted octanol–water partition coefficient (Wildman–Crippen LogP) is 0.805. The number of halogens is 2. The van der Waals surface area contributed by atoms with Crippen molar-refractivity contribution in [2.45, 2.75) is 13.0 Å². The minimum Gasteiger partial charge on any atom is -0.463 e. The number of carbonyl (C=O) groups is 1. The summed E-state index contributed by atoms with van der Waals surface area (Å²) >= 11 is 0. The van der Waals surface area contributed by atoms with Crippen LogP contribution >= 0.6 is 0 Å². The van der Waals surface area contributed by atoms with Gasteiger partial charge in [-0.05, 0) is 6.92 Å². The largest absolute Gasteiger partial charge is 0.463 e. The molecule has 6 heteroatoms. The van der Waals surface area contributed by atoms with E-state index in [1.54, 1.807) is 6.92 Å². The number of methoxy groups -OCH3 is 1. The first kappa shape index (κ1) is 12.2. The lowest BCUT2D eigenvalue weighted by molar-refractivity contribution is -0.250. The highest BCUT2D eigenvalue weighted by atomic mass is 19.3. The van der Waals surface area contributed by atoms with Crippen LogP contribution < -0.4 is 0 Å². The minimum atomic E-state index is -3.88. The molecule has 0 radical (unpaired) electrons. The molecule has 0 fully saturated rings. The molecule has 0 unspecified atom stereocenters. The third-order valence-corrected chi connectivity index (χ3v) is 1.14. The van der Waals surface area contributed by atoms with E-state index in [1.807, 2.05) is 0 Å². The SMILES string of the molecule is CCOCCOC(F)(F)C(=O)OC. The second-order valence-corrected chi connectivity index (χ2v) is 2.05. The van der Waals surface area contributed by atoms with Crippen LogP contribution in [0.1, 0.15) is 6.92 Å². The fraction of sp³-hybridized carbons (Fsp3) is 0.857. The van der Waals surface area contributed by atoms with Crippen molar-refractivity contribution in [2.75, 3.05) is 26.9 Å². The number of esters is 1. The maximum absolute atomic E-state index is 12.5. The third-order valence-electron chi connectivity index (χ3n) is 1.14. The van der Waals surface area contributed by atoms with Crippen LogP contribution in [0.3, 0.4) is 0 Å². The molecule has 0 spiro atoms. The molecule has 0 aliphatic carbocycles. The van der Waals surface area contributed by atoms with E-state index in [-0.39, 0.29) is 13.2 Å². The topological polar surface area (TPSA) is 44.8 Å². The summed E-state index contributed by atoms with van der Waals surface area (Å²) in [5, 5.41) is 0. The zero-order chi connectivity index (χ0) is 10.3. The van der Waals surface area contributed by atoms with Gasteiger partial charge in [0.25, 0.3) is 0 Å². The van der Waals surface area contributed by atoms with Crippen LogP contribution in [0.4, 0.5) is 8.78 Å². The van der Waals surface area contributed by atoms with Crippen LogP contribution in [0.15, 0.2) is 0 Å². The van der Waals surface area contributed by atoms with Gasteiger partial charge in [0.05, 0.1) is 20.3 Å². The zero-order valence-electron chi connectivity index (χ0n) is 7.51. The van der Waals surface area contributed by atoms with Crippen LogP contribution in [0.25, 0.3) is 0 Å². The molecular weight excluding hydrogens is 186 g/mol. The Bertz CT molecular complexity index is 161. The highest BCUT2D eigenvalue weighted by Gasteiger charge is 2.41. The van der Waals surface area contributed by atoms with Crippen LogP contribution in [0.2, 0.25) is 0 Å². The van der Waals surface area contributed by atoms with Gasteiger partial charge in [-0.15, -0.1) is 0 Å². The number of rotatable bonds is 6. The number of hydrogen-bond acceptors (Lipinski definition) is 4. The molecule has 0 aromatic carbocycles. The first-order valence-electron chi connectivity index (χ1n) is 3.72. The van der Waals surface area contributed by atoms with Crippen molar-refractivity contribution in [2.24, 2.45) is 0 Å². The molecule has 0 saturated heterocycles. The van der Waals surface area contributed by atoms with Gasteiger partial charge < -0.3 is 14.2 Å². The molecule has 0 aromatic rings. The van der Waals surface area contributed by atoms with Crippen molar-refractivity contribution in [3.8, 4) is 0 Å². The fourth-order valence-corrected chi connectivity index (χ4v) is 0.551. The van der Waals surface area contributed by atoms with E-state index in [2.05, 4.69) is 9.47 Å². The summed E-state index contributed by atoms with van der Waals surface area (Å²) in [4.78, 5) is 10.4. The molecule has 0 N–H and O–H groups in total.